The van der Waals surface area contributed by atoms with E-state index in [9.17, 15) is 0 Å². The number of halogens is 1. The Morgan fingerprint density at radius 3 is 2.57 bits per heavy atom. The van der Waals surface area contributed by atoms with Crippen molar-refractivity contribution in [2.75, 3.05) is 0 Å². The van der Waals surface area contributed by atoms with E-state index in [1.54, 1.807) is 0 Å². The van der Waals surface area contributed by atoms with Gasteiger partial charge in [0.05, 0.1) is 8.07 Å². The van der Waals surface area contributed by atoms with E-state index in [-0.39, 0.29) is 0 Å². The smallest absolute Gasteiger partial charge is 0.0930 e. The Balaban J connectivity index is 3.14. The molecule has 0 heterocycles. The van der Waals surface area contributed by atoms with E-state index in [1.165, 1.54) is 14.3 Å². The molecule has 14 heavy (non-hydrogen) atoms. The zero-order valence-corrected chi connectivity index (χ0v) is 12.1. The van der Waals surface area contributed by atoms with Crippen molar-refractivity contribution in [3.05, 3.63) is 27.3 Å². The molecule has 0 unspecified atom stereocenters. The number of hydrogen-bond donors (Lipinski definition) is 0. The van der Waals surface area contributed by atoms with Crippen molar-refractivity contribution >= 4 is 35.9 Å². The lowest BCUT2D eigenvalue weighted by atomic mass is 10.2. The second-order valence-electron chi connectivity index (χ2n) is 4.22. The van der Waals surface area contributed by atoms with Crippen LogP contribution in [-0.2, 0) is 0 Å². The van der Waals surface area contributed by atoms with Crippen LogP contribution >= 0.6 is 22.6 Å². The zero-order valence-electron chi connectivity index (χ0n) is 8.89. The minimum atomic E-state index is -1.39. The van der Waals surface area contributed by atoms with E-state index in [4.69, 9.17) is 6.42 Å². The summed E-state index contributed by atoms with van der Waals surface area (Å²) in [5.74, 6) is 2.81. The maximum atomic E-state index is 5.42. The van der Waals surface area contributed by atoms with Gasteiger partial charge in [0.15, 0.2) is 0 Å². The second-order valence-corrected chi connectivity index (χ2v) is 10.1. The molecule has 0 aliphatic rings. The summed E-state index contributed by atoms with van der Waals surface area (Å²) in [4.78, 5) is 0. The third kappa shape index (κ3) is 2.61. The van der Waals surface area contributed by atoms with Crippen molar-refractivity contribution < 1.29 is 0 Å². The third-order valence-electron chi connectivity index (χ3n) is 2.46. The molecule has 0 saturated heterocycles. The average Bonchev–Trinajstić information content (AvgIpc) is 2.02. The van der Waals surface area contributed by atoms with Gasteiger partial charge < -0.3 is 0 Å². The van der Waals surface area contributed by atoms with Crippen LogP contribution in [0.5, 0.6) is 0 Å². The molecule has 0 nitrogen and oxygen atoms in total. The largest absolute Gasteiger partial charge is 0.120 e. The van der Waals surface area contributed by atoms with Crippen molar-refractivity contribution in [2.24, 2.45) is 0 Å². The molecule has 0 bridgehead atoms. The predicted octanol–water partition coefficient (Wildman–Crippen LogP) is 3.15. The van der Waals surface area contributed by atoms with E-state index in [1.807, 2.05) is 0 Å². The van der Waals surface area contributed by atoms with E-state index >= 15 is 0 Å². The third-order valence-corrected chi connectivity index (χ3v) is 6.24. The van der Waals surface area contributed by atoms with Crippen LogP contribution in [0.25, 0.3) is 0 Å². The highest BCUT2D eigenvalue weighted by atomic mass is 127. The van der Waals surface area contributed by atoms with Gasteiger partial charge in [-0.3, -0.25) is 0 Å². The van der Waals surface area contributed by atoms with Gasteiger partial charge in [0.25, 0.3) is 0 Å². The van der Waals surface area contributed by atoms with Crippen molar-refractivity contribution in [1.82, 2.24) is 0 Å². The van der Waals surface area contributed by atoms with Gasteiger partial charge in [-0.15, -0.1) is 12.3 Å². The summed E-state index contributed by atoms with van der Waals surface area (Å²) in [6.07, 6.45) is 5.42. The molecule has 0 atom stereocenters. The molecule has 0 fully saturated rings. The van der Waals surface area contributed by atoms with Gasteiger partial charge in [0, 0.05) is 9.61 Å². The van der Waals surface area contributed by atoms with Crippen LogP contribution < -0.4 is 5.19 Å². The van der Waals surface area contributed by atoms with E-state index in [0.29, 0.717) is 0 Å². The number of hydrogen-bond acceptors (Lipinski definition) is 0. The fraction of sp³-hybridized carbons (Fsp3) is 0.333. The quantitative estimate of drug-likeness (QED) is 0.447. The first kappa shape index (κ1) is 11.8. The van der Waals surface area contributed by atoms with Gasteiger partial charge in [-0.25, -0.2) is 0 Å². The van der Waals surface area contributed by atoms with Crippen molar-refractivity contribution in [3.63, 3.8) is 0 Å². The van der Waals surface area contributed by atoms with E-state index in [2.05, 4.69) is 66.7 Å². The first-order valence-corrected chi connectivity index (χ1v) is 8.96. The maximum absolute atomic E-state index is 5.42. The molecule has 0 amide bonds. The highest BCUT2D eigenvalue weighted by Gasteiger charge is 2.23. The Labute approximate surface area is 101 Å². The monoisotopic (exact) mass is 314 g/mol. The van der Waals surface area contributed by atoms with Crippen molar-refractivity contribution in [3.8, 4) is 12.3 Å². The normalized spacial score (nSPS) is 11.1. The first-order chi connectivity index (χ1) is 6.47. The zero-order chi connectivity index (χ0) is 10.8. The van der Waals surface area contributed by atoms with Gasteiger partial charge >= 0.3 is 0 Å². The lowest BCUT2D eigenvalue weighted by Crippen LogP contribution is -2.42. The lowest BCUT2D eigenvalue weighted by molar-refractivity contribution is 1.45. The van der Waals surface area contributed by atoms with Crippen LogP contribution in [-0.4, -0.2) is 8.07 Å². The molecule has 0 spiro atoms. The van der Waals surface area contributed by atoms with Crippen molar-refractivity contribution in [2.45, 2.75) is 26.1 Å². The van der Waals surface area contributed by atoms with Crippen LogP contribution in [0.3, 0.4) is 0 Å². The van der Waals surface area contributed by atoms with Crippen LogP contribution in [0, 0.1) is 22.8 Å². The number of rotatable bonds is 2. The topological polar surface area (TPSA) is 0 Å². The van der Waals surface area contributed by atoms with Gasteiger partial charge in [0.1, 0.15) is 0 Å². The fourth-order valence-corrected chi connectivity index (χ4v) is 4.76. The van der Waals surface area contributed by atoms with E-state index < -0.39 is 8.07 Å². The Kier molecular flexibility index (Phi) is 3.79. The Morgan fingerprint density at radius 1 is 1.43 bits per heavy atom. The molecule has 74 valence electrons. The maximum Gasteiger partial charge on any atom is 0.0930 e. The van der Waals surface area contributed by atoms with E-state index in [0.717, 1.165) is 6.04 Å². The van der Waals surface area contributed by atoms with Crippen LogP contribution in [0.4, 0.5) is 0 Å². The Morgan fingerprint density at radius 2 is 2.07 bits per heavy atom. The molecule has 0 aromatic heterocycles. The summed E-state index contributed by atoms with van der Waals surface area (Å²) in [6.45, 7) is 6.85. The van der Waals surface area contributed by atoms with Crippen LogP contribution in [0.1, 0.15) is 5.56 Å². The van der Waals surface area contributed by atoms with Gasteiger partial charge in [0.2, 0.25) is 0 Å². The number of benzene rings is 1. The molecule has 1 aromatic carbocycles. The second kappa shape index (κ2) is 4.50. The highest BCUT2D eigenvalue weighted by molar-refractivity contribution is 14.1. The van der Waals surface area contributed by atoms with Gasteiger partial charge in [-0.1, -0.05) is 29.9 Å². The first-order valence-electron chi connectivity index (χ1n) is 4.67. The SMILES string of the molecule is C#CC[Si](C)(C)c1ccc(I)cc1C. The van der Waals surface area contributed by atoms with Crippen LogP contribution in [0.2, 0.25) is 19.1 Å². The predicted molar refractivity (Wildman–Crippen MR) is 74.7 cm³/mol. The Bertz CT molecular complexity index is 374. The summed E-state index contributed by atoms with van der Waals surface area (Å²) in [5, 5.41) is 1.50. The average molecular weight is 314 g/mol. The van der Waals surface area contributed by atoms with Crippen LogP contribution in [0.15, 0.2) is 18.2 Å². The molecular weight excluding hydrogens is 299 g/mol. The molecule has 0 radical (unpaired) electrons. The number of terminal acetylenes is 1. The Hall–Kier alpha value is -0.273. The molecule has 0 saturated carbocycles. The van der Waals surface area contributed by atoms with Gasteiger partial charge in [-0.05, 0) is 41.6 Å². The molecule has 2 heteroatoms. The van der Waals surface area contributed by atoms with Gasteiger partial charge in [-0.2, -0.15) is 0 Å². The minimum Gasteiger partial charge on any atom is -0.120 e. The summed E-state index contributed by atoms with van der Waals surface area (Å²) in [6, 6.07) is 7.59. The summed E-state index contributed by atoms with van der Waals surface area (Å²) in [5.41, 5.74) is 1.39. The summed E-state index contributed by atoms with van der Waals surface area (Å²) in [7, 11) is -1.39. The summed E-state index contributed by atoms with van der Waals surface area (Å²) >= 11 is 2.35. The molecular formula is C12H15ISi. The summed E-state index contributed by atoms with van der Waals surface area (Å²) < 4.78 is 1.30. The molecule has 0 aliphatic carbocycles. The molecule has 1 aromatic rings. The standard InChI is InChI=1S/C12H15ISi/c1-5-8-14(3,4)12-7-6-11(13)9-10(12)2/h1,6-7,9H,8H2,2-4H3. The molecule has 0 N–H and O–H groups in total. The number of aryl methyl sites for hydroxylation is 1. The minimum absolute atomic E-state index is 0.925. The fourth-order valence-electron chi connectivity index (χ4n) is 1.74. The van der Waals surface area contributed by atoms with Crippen molar-refractivity contribution in [1.29, 1.82) is 0 Å². The highest BCUT2D eigenvalue weighted by Crippen LogP contribution is 2.14. The lowest BCUT2D eigenvalue weighted by Gasteiger charge is -2.22. The molecule has 0 aliphatic heterocycles. The molecule has 1 rings (SSSR count).